The van der Waals surface area contributed by atoms with Gasteiger partial charge in [0.15, 0.2) is 0 Å². The molecule has 13 heavy (non-hydrogen) atoms. The molecule has 0 N–H and O–H groups in total. The van der Waals surface area contributed by atoms with Gasteiger partial charge in [-0.2, -0.15) is 0 Å². The highest BCUT2D eigenvalue weighted by Gasteiger charge is 2.24. The minimum absolute atomic E-state index is 0.164. The lowest BCUT2D eigenvalue weighted by atomic mass is 9.80. The minimum atomic E-state index is 0.164. The molecule has 0 spiro atoms. The molecule has 0 saturated carbocycles. The molecule has 0 fully saturated rings. The molecule has 74 valence electrons. The van der Waals surface area contributed by atoms with Crippen molar-refractivity contribution in [2.24, 2.45) is 5.41 Å². The van der Waals surface area contributed by atoms with Crippen LogP contribution in [-0.2, 0) is 0 Å². The first-order valence-electron chi connectivity index (χ1n) is 4.76. The van der Waals surface area contributed by atoms with Crippen molar-refractivity contribution in [2.45, 2.75) is 39.5 Å². The molecule has 0 aromatic carbocycles. The predicted octanol–water partition coefficient (Wildman–Crippen LogP) is 4.99. The van der Waals surface area contributed by atoms with E-state index in [4.69, 9.17) is 11.6 Å². The van der Waals surface area contributed by atoms with Crippen molar-refractivity contribution in [1.29, 1.82) is 0 Å². The van der Waals surface area contributed by atoms with Crippen LogP contribution in [0.3, 0.4) is 0 Å². The summed E-state index contributed by atoms with van der Waals surface area (Å²) >= 11 is 9.17. The van der Waals surface area contributed by atoms with Gasteiger partial charge < -0.3 is 0 Å². The summed E-state index contributed by atoms with van der Waals surface area (Å²) < 4.78 is 0.727. The quantitative estimate of drug-likeness (QED) is 0.585. The Kier molecular flexibility index (Phi) is 4.06. The summed E-state index contributed by atoms with van der Waals surface area (Å²) in [5.74, 6) is 0. The van der Waals surface area contributed by atoms with Crippen LogP contribution in [-0.4, -0.2) is 0 Å². The monoisotopic (exact) mass is 262 g/mol. The molecule has 0 bridgehead atoms. The molecule has 0 aromatic rings. The van der Waals surface area contributed by atoms with E-state index in [0.29, 0.717) is 0 Å². The molecule has 1 rings (SSSR count). The molecule has 0 aliphatic heterocycles. The number of rotatable bonds is 1. The summed E-state index contributed by atoms with van der Waals surface area (Å²) in [6.45, 7) is 4.46. The molecule has 0 saturated heterocycles. The highest BCUT2D eigenvalue weighted by Crippen LogP contribution is 2.39. The summed E-state index contributed by atoms with van der Waals surface area (Å²) in [6, 6.07) is 0. The van der Waals surface area contributed by atoms with Crippen LogP contribution in [0.5, 0.6) is 0 Å². The van der Waals surface area contributed by atoms with E-state index in [1.807, 2.05) is 0 Å². The van der Waals surface area contributed by atoms with Crippen molar-refractivity contribution < 1.29 is 0 Å². The van der Waals surface area contributed by atoms with Crippen LogP contribution in [0, 0.1) is 5.41 Å². The Morgan fingerprint density at radius 2 is 2.31 bits per heavy atom. The highest BCUT2D eigenvalue weighted by molar-refractivity contribution is 9.12. The van der Waals surface area contributed by atoms with Crippen LogP contribution in [0.15, 0.2) is 21.7 Å². The van der Waals surface area contributed by atoms with E-state index in [1.54, 1.807) is 0 Å². The molecule has 0 aromatic heterocycles. The third kappa shape index (κ3) is 3.14. The number of allylic oxidation sites excluding steroid dienone is 3. The molecule has 0 heterocycles. The topological polar surface area (TPSA) is 0 Å². The standard InChI is InChI=1S/C11H16BrCl/c1-9-6-4-3-5-7-11(9,2)8-10(12)13/h6,8H,3-5,7H2,1-2H3. The third-order valence-corrected chi connectivity index (χ3v) is 3.27. The van der Waals surface area contributed by atoms with Gasteiger partial charge in [0, 0.05) is 5.41 Å². The van der Waals surface area contributed by atoms with Gasteiger partial charge in [0.05, 0.1) is 3.94 Å². The van der Waals surface area contributed by atoms with Crippen molar-refractivity contribution in [2.75, 3.05) is 0 Å². The van der Waals surface area contributed by atoms with Crippen LogP contribution in [0.1, 0.15) is 39.5 Å². The Labute approximate surface area is 94.2 Å². The Balaban J connectivity index is 2.90. The highest BCUT2D eigenvalue weighted by atomic mass is 79.9. The molecule has 0 radical (unpaired) electrons. The molecule has 0 amide bonds. The maximum absolute atomic E-state index is 5.87. The lowest BCUT2D eigenvalue weighted by Crippen LogP contribution is -2.13. The lowest BCUT2D eigenvalue weighted by Gasteiger charge is -2.26. The summed E-state index contributed by atoms with van der Waals surface area (Å²) in [6.07, 6.45) is 9.48. The Morgan fingerprint density at radius 3 is 2.92 bits per heavy atom. The SMILES string of the molecule is CC1=CCCCCC1(C)C=C(Cl)Br. The number of hydrogen-bond donors (Lipinski definition) is 0. The fraction of sp³-hybridized carbons (Fsp3) is 0.636. The van der Waals surface area contributed by atoms with Crippen molar-refractivity contribution >= 4 is 27.5 Å². The largest absolute Gasteiger partial charge is 0.0847 e. The number of halogens is 2. The molecule has 1 atom stereocenters. The Morgan fingerprint density at radius 1 is 1.62 bits per heavy atom. The van der Waals surface area contributed by atoms with E-state index < -0.39 is 0 Å². The van der Waals surface area contributed by atoms with Gasteiger partial charge in [-0.3, -0.25) is 0 Å². The molecular weight excluding hydrogens is 247 g/mol. The van der Waals surface area contributed by atoms with Gasteiger partial charge in [-0.1, -0.05) is 36.6 Å². The van der Waals surface area contributed by atoms with E-state index in [0.717, 1.165) is 3.94 Å². The molecule has 2 heteroatoms. The van der Waals surface area contributed by atoms with Crippen molar-refractivity contribution in [1.82, 2.24) is 0 Å². The number of hydrogen-bond acceptors (Lipinski definition) is 0. The smallest absolute Gasteiger partial charge is 0.0802 e. The Bertz CT molecular complexity index is 238. The zero-order chi connectivity index (χ0) is 9.90. The van der Waals surface area contributed by atoms with E-state index >= 15 is 0 Å². The van der Waals surface area contributed by atoms with E-state index in [2.05, 4.69) is 41.9 Å². The Hall–Kier alpha value is 0.250. The average Bonchev–Trinajstić information content (AvgIpc) is 2.14. The summed E-state index contributed by atoms with van der Waals surface area (Å²) in [7, 11) is 0. The van der Waals surface area contributed by atoms with E-state index in [9.17, 15) is 0 Å². The van der Waals surface area contributed by atoms with Gasteiger partial charge >= 0.3 is 0 Å². The first-order valence-corrected chi connectivity index (χ1v) is 5.93. The van der Waals surface area contributed by atoms with Crippen molar-refractivity contribution in [3.63, 3.8) is 0 Å². The van der Waals surface area contributed by atoms with Gasteiger partial charge in [-0.15, -0.1) is 0 Å². The van der Waals surface area contributed by atoms with Crippen LogP contribution in [0.4, 0.5) is 0 Å². The first-order chi connectivity index (χ1) is 6.04. The molecule has 1 aliphatic carbocycles. The first kappa shape index (κ1) is 11.3. The predicted molar refractivity (Wildman–Crippen MR) is 63.2 cm³/mol. The van der Waals surface area contributed by atoms with Crippen LogP contribution >= 0.6 is 27.5 Å². The third-order valence-electron chi connectivity index (χ3n) is 2.93. The summed E-state index contributed by atoms with van der Waals surface area (Å²) in [5, 5.41) is 0. The summed E-state index contributed by atoms with van der Waals surface area (Å²) in [4.78, 5) is 0. The fourth-order valence-corrected chi connectivity index (χ4v) is 2.56. The van der Waals surface area contributed by atoms with Gasteiger partial charge in [0.25, 0.3) is 0 Å². The lowest BCUT2D eigenvalue weighted by molar-refractivity contribution is 0.456. The van der Waals surface area contributed by atoms with Crippen LogP contribution in [0.2, 0.25) is 0 Å². The summed E-state index contributed by atoms with van der Waals surface area (Å²) in [5.41, 5.74) is 1.61. The molecule has 0 nitrogen and oxygen atoms in total. The fourth-order valence-electron chi connectivity index (χ4n) is 1.81. The van der Waals surface area contributed by atoms with Crippen LogP contribution in [0.25, 0.3) is 0 Å². The zero-order valence-electron chi connectivity index (χ0n) is 8.24. The van der Waals surface area contributed by atoms with Crippen LogP contribution < -0.4 is 0 Å². The normalized spacial score (nSPS) is 31.1. The molecular formula is C11H16BrCl. The average molecular weight is 264 g/mol. The maximum Gasteiger partial charge on any atom is 0.0802 e. The van der Waals surface area contributed by atoms with Crippen molar-refractivity contribution in [3.8, 4) is 0 Å². The van der Waals surface area contributed by atoms with Crippen molar-refractivity contribution in [3.05, 3.63) is 21.7 Å². The van der Waals surface area contributed by atoms with Gasteiger partial charge in [0.2, 0.25) is 0 Å². The maximum atomic E-state index is 5.87. The van der Waals surface area contributed by atoms with E-state index in [1.165, 1.54) is 31.3 Å². The minimum Gasteiger partial charge on any atom is -0.0847 e. The van der Waals surface area contributed by atoms with E-state index in [-0.39, 0.29) is 5.41 Å². The van der Waals surface area contributed by atoms with Gasteiger partial charge in [-0.25, -0.2) is 0 Å². The zero-order valence-corrected chi connectivity index (χ0v) is 10.6. The second-order valence-corrected chi connectivity index (χ2v) is 5.70. The van der Waals surface area contributed by atoms with Gasteiger partial charge in [-0.05, 0) is 48.2 Å². The van der Waals surface area contributed by atoms with Gasteiger partial charge in [0.1, 0.15) is 0 Å². The molecule has 1 unspecified atom stereocenters. The second-order valence-electron chi connectivity index (χ2n) is 3.98. The second kappa shape index (κ2) is 4.65. The molecule has 1 aliphatic rings.